The first-order valence-corrected chi connectivity index (χ1v) is 7.25. The van der Waals surface area contributed by atoms with Gasteiger partial charge in [0.05, 0.1) is 5.02 Å². The highest BCUT2D eigenvalue weighted by molar-refractivity contribution is 6.32. The Morgan fingerprint density at radius 1 is 1.32 bits per heavy atom. The molecule has 2 rings (SSSR count). The van der Waals surface area contributed by atoms with Crippen molar-refractivity contribution in [1.29, 1.82) is 0 Å². The Morgan fingerprint density at radius 3 is 2.79 bits per heavy atom. The summed E-state index contributed by atoms with van der Waals surface area (Å²) < 4.78 is 0. The molecule has 1 fully saturated rings. The minimum Gasteiger partial charge on any atom is -0.506 e. The molecular weight excluding hydrogens is 262 g/mol. The molecule has 1 saturated carbocycles. The van der Waals surface area contributed by atoms with Crippen LogP contribution in [-0.2, 0) is 0 Å². The van der Waals surface area contributed by atoms with Crippen LogP contribution in [0.3, 0.4) is 0 Å². The van der Waals surface area contributed by atoms with Crippen LogP contribution in [0.1, 0.15) is 49.4 Å². The van der Waals surface area contributed by atoms with E-state index in [1.807, 2.05) is 0 Å². The second-order valence-corrected chi connectivity index (χ2v) is 5.77. The van der Waals surface area contributed by atoms with Gasteiger partial charge in [-0.25, -0.2) is 0 Å². The van der Waals surface area contributed by atoms with Crippen molar-refractivity contribution in [2.24, 2.45) is 5.92 Å². The zero-order valence-electron chi connectivity index (χ0n) is 11.2. The third kappa shape index (κ3) is 3.63. The molecule has 1 aliphatic carbocycles. The second kappa shape index (κ2) is 6.29. The SMILES string of the molecule is CC1CCCCCC1NC(=O)c1ccc(O)c(Cl)c1. The number of halogens is 1. The van der Waals surface area contributed by atoms with Crippen LogP contribution in [0.25, 0.3) is 0 Å². The van der Waals surface area contributed by atoms with Crippen molar-refractivity contribution in [1.82, 2.24) is 5.32 Å². The number of amides is 1. The van der Waals surface area contributed by atoms with Gasteiger partial charge in [0.15, 0.2) is 0 Å². The van der Waals surface area contributed by atoms with Crippen LogP contribution in [0.2, 0.25) is 5.02 Å². The van der Waals surface area contributed by atoms with Gasteiger partial charge in [-0.05, 0) is 37.0 Å². The van der Waals surface area contributed by atoms with Crippen LogP contribution in [-0.4, -0.2) is 17.1 Å². The van der Waals surface area contributed by atoms with Crippen LogP contribution in [0.4, 0.5) is 0 Å². The van der Waals surface area contributed by atoms with Crippen molar-refractivity contribution in [3.63, 3.8) is 0 Å². The van der Waals surface area contributed by atoms with Crippen LogP contribution in [0, 0.1) is 5.92 Å². The van der Waals surface area contributed by atoms with Gasteiger partial charge in [0, 0.05) is 11.6 Å². The number of phenols is 1. The lowest BCUT2D eigenvalue weighted by Crippen LogP contribution is -2.38. The zero-order chi connectivity index (χ0) is 13.8. The minimum absolute atomic E-state index is 0.000973. The lowest BCUT2D eigenvalue weighted by molar-refractivity contribution is 0.0921. The molecule has 0 spiro atoms. The van der Waals surface area contributed by atoms with E-state index in [0.29, 0.717) is 11.5 Å². The number of hydrogen-bond acceptors (Lipinski definition) is 2. The van der Waals surface area contributed by atoms with Gasteiger partial charge in [-0.2, -0.15) is 0 Å². The largest absolute Gasteiger partial charge is 0.506 e. The van der Waals surface area contributed by atoms with Gasteiger partial charge in [0.2, 0.25) is 0 Å². The molecule has 0 radical (unpaired) electrons. The molecule has 0 heterocycles. The first-order valence-electron chi connectivity index (χ1n) is 6.87. The van der Waals surface area contributed by atoms with E-state index >= 15 is 0 Å². The topological polar surface area (TPSA) is 49.3 Å². The number of aromatic hydroxyl groups is 1. The van der Waals surface area contributed by atoms with E-state index in [4.69, 9.17) is 11.6 Å². The molecule has 104 valence electrons. The highest BCUT2D eigenvalue weighted by Crippen LogP contribution is 2.25. The van der Waals surface area contributed by atoms with Crippen molar-refractivity contribution in [2.45, 2.75) is 45.1 Å². The summed E-state index contributed by atoms with van der Waals surface area (Å²) in [5.41, 5.74) is 0.499. The van der Waals surface area contributed by atoms with E-state index in [0.717, 1.165) is 6.42 Å². The first-order chi connectivity index (χ1) is 9.08. The smallest absolute Gasteiger partial charge is 0.251 e. The number of rotatable bonds is 2. The Kier molecular flexibility index (Phi) is 4.70. The lowest BCUT2D eigenvalue weighted by Gasteiger charge is -2.22. The van der Waals surface area contributed by atoms with Crippen molar-refractivity contribution in [3.05, 3.63) is 28.8 Å². The monoisotopic (exact) mass is 281 g/mol. The summed E-state index contributed by atoms with van der Waals surface area (Å²) in [6.45, 7) is 2.19. The van der Waals surface area contributed by atoms with Gasteiger partial charge < -0.3 is 10.4 Å². The van der Waals surface area contributed by atoms with E-state index in [1.165, 1.54) is 37.8 Å². The number of carbonyl (C=O) groups excluding carboxylic acids is 1. The number of carbonyl (C=O) groups is 1. The molecule has 2 atom stereocenters. The highest BCUT2D eigenvalue weighted by atomic mass is 35.5. The molecule has 0 aromatic heterocycles. The lowest BCUT2D eigenvalue weighted by atomic mass is 9.96. The normalized spacial score (nSPS) is 23.7. The maximum Gasteiger partial charge on any atom is 0.251 e. The molecule has 0 saturated heterocycles. The van der Waals surface area contributed by atoms with Crippen LogP contribution >= 0.6 is 11.6 Å². The van der Waals surface area contributed by atoms with Gasteiger partial charge in [-0.3, -0.25) is 4.79 Å². The summed E-state index contributed by atoms with van der Waals surface area (Å²) in [6, 6.07) is 4.79. The van der Waals surface area contributed by atoms with Crippen molar-refractivity contribution in [2.75, 3.05) is 0 Å². The maximum atomic E-state index is 12.2. The quantitative estimate of drug-likeness (QED) is 0.811. The van der Waals surface area contributed by atoms with Crippen molar-refractivity contribution < 1.29 is 9.90 Å². The fraction of sp³-hybridized carbons (Fsp3) is 0.533. The first kappa shape index (κ1) is 14.2. The Labute approximate surface area is 119 Å². The molecule has 3 nitrogen and oxygen atoms in total. The van der Waals surface area contributed by atoms with Gasteiger partial charge in [-0.1, -0.05) is 37.8 Å². The van der Waals surface area contributed by atoms with Crippen molar-refractivity contribution in [3.8, 4) is 5.75 Å². The number of hydrogen-bond donors (Lipinski definition) is 2. The molecule has 2 unspecified atom stereocenters. The minimum atomic E-state index is -0.111. The molecule has 1 aromatic carbocycles. The van der Waals surface area contributed by atoms with Gasteiger partial charge >= 0.3 is 0 Å². The summed E-state index contributed by atoms with van der Waals surface area (Å²) in [6.07, 6.45) is 5.88. The van der Waals surface area contributed by atoms with Crippen molar-refractivity contribution >= 4 is 17.5 Å². The average molecular weight is 282 g/mol. The van der Waals surface area contributed by atoms with Crippen LogP contribution < -0.4 is 5.32 Å². The molecule has 0 aliphatic heterocycles. The van der Waals surface area contributed by atoms with E-state index in [-0.39, 0.29) is 22.7 Å². The molecule has 1 aliphatic rings. The van der Waals surface area contributed by atoms with Gasteiger partial charge in [0.1, 0.15) is 5.75 Å². The molecule has 0 bridgehead atoms. The predicted octanol–water partition coefficient (Wildman–Crippen LogP) is 3.74. The molecule has 4 heteroatoms. The third-order valence-corrected chi connectivity index (χ3v) is 4.19. The standard InChI is InChI=1S/C15H20ClNO2/c1-10-5-3-2-4-6-13(10)17-15(19)11-7-8-14(18)12(16)9-11/h7-10,13,18H,2-6H2,1H3,(H,17,19). The van der Waals surface area contributed by atoms with Crippen LogP contribution in [0.15, 0.2) is 18.2 Å². The second-order valence-electron chi connectivity index (χ2n) is 5.36. The molecular formula is C15H20ClNO2. The summed E-state index contributed by atoms with van der Waals surface area (Å²) in [5.74, 6) is 0.403. The average Bonchev–Trinajstić information content (AvgIpc) is 2.58. The fourth-order valence-electron chi connectivity index (χ4n) is 2.61. The zero-order valence-corrected chi connectivity index (χ0v) is 11.9. The Hall–Kier alpha value is -1.22. The maximum absolute atomic E-state index is 12.2. The number of benzene rings is 1. The van der Waals surface area contributed by atoms with E-state index < -0.39 is 0 Å². The Bertz CT molecular complexity index is 461. The Morgan fingerprint density at radius 2 is 2.05 bits per heavy atom. The highest BCUT2D eigenvalue weighted by Gasteiger charge is 2.22. The summed E-state index contributed by atoms with van der Waals surface area (Å²) >= 11 is 5.83. The number of nitrogens with one attached hydrogen (secondary N) is 1. The summed E-state index contributed by atoms with van der Waals surface area (Å²) in [5, 5.41) is 12.7. The van der Waals surface area contributed by atoms with E-state index in [1.54, 1.807) is 6.07 Å². The third-order valence-electron chi connectivity index (χ3n) is 3.89. The molecule has 19 heavy (non-hydrogen) atoms. The number of phenolic OH excluding ortho intramolecular Hbond substituents is 1. The fourth-order valence-corrected chi connectivity index (χ4v) is 2.79. The van der Waals surface area contributed by atoms with E-state index in [9.17, 15) is 9.90 Å². The molecule has 2 N–H and O–H groups in total. The predicted molar refractivity (Wildman–Crippen MR) is 76.6 cm³/mol. The summed E-state index contributed by atoms with van der Waals surface area (Å²) in [4.78, 5) is 12.2. The van der Waals surface area contributed by atoms with Gasteiger partial charge in [0.25, 0.3) is 5.91 Å². The van der Waals surface area contributed by atoms with E-state index in [2.05, 4.69) is 12.2 Å². The Balaban J connectivity index is 2.05. The van der Waals surface area contributed by atoms with Crippen LogP contribution in [0.5, 0.6) is 5.75 Å². The molecule has 1 aromatic rings. The summed E-state index contributed by atoms with van der Waals surface area (Å²) in [7, 11) is 0. The molecule has 1 amide bonds. The van der Waals surface area contributed by atoms with Gasteiger partial charge in [-0.15, -0.1) is 0 Å².